The molecule has 4 heteroatoms. The number of amides is 1. The number of carbonyl (C=O) groups excluding carboxylic acids is 1. The van der Waals surface area contributed by atoms with Crippen LogP contribution < -0.4 is 0 Å². The van der Waals surface area contributed by atoms with Crippen LogP contribution in [0.5, 0.6) is 0 Å². The quantitative estimate of drug-likeness (QED) is 0.507. The molecule has 0 spiro atoms. The van der Waals surface area contributed by atoms with Crippen LogP contribution in [0, 0.1) is 5.92 Å². The summed E-state index contributed by atoms with van der Waals surface area (Å²) in [7, 11) is 0. The summed E-state index contributed by atoms with van der Waals surface area (Å²) in [5, 5.41) is 2.40. The summed E-state index contributed by atoms with van der Waals surface area (Å²) >= 11 is 0. The monoisotopic (exact) mass is 397 g/mol. The van der Waals surface area contributed by atoms with E-state index < -0.39 is 0 Å². The van der Waals surface area contributed by atoms with E-state index in [1.165, 1.54) is 16.3 Å². The third kappa shape index (κ3) is 3.95. The SMILES string of the molecule is O=C(CCc1cc2c(cn1)[nH]c1ccccc12)N1CCC(Cc2ccccc2)CC1. The zero-order chi connectivity index (χ0) is 20.3. The number of rotatable bonds is 5. The predicted octanol–water partition coefficient (Wildman–Crippen LogP) is 5.13. The number of H-pyrrole nitrogens is 1. The lowest BCUT2D eigenvalue weighted by Crippen LogP contribution is -2.39. The molecular formula is C26H27N3O. The first-order chi connectivity index (χ1) is 14.8. The van der Waals surface area contributed by atoms with Gasteiger partial charge in [-0.25, -0.2) is 0 Å². The molecular weight excluding hydrogens is 370 g/mol. The zero-order valence-electron chi connectivity index (χ0n) is 17.2. The number of benzene rings is 2. The van der Waals surface area contributed by atoms with Crippen LogP contribution in [0.15, 0.2) is 66.9 Å². The lowest BCUT2D eigenvalue weighted by molar-refractivity contribution is -0.132. The fourth-order valence-corrected chi connectivity index (χ4v) is 4.66. The topological polar surface area (TPSA) is 49.0 Å². The van der Waals surface area contributed by atoms with Crippen molar-refractivity contribution in [2.45, 2.75) is 32.1 Å². The van der Waals surface area contributed by atoms with E-state index in [0.29, 0.717) is 18.8 Å². The molecule has 0 radical (unpaired) electrons. The number of nitrogens with zero attached hydrogens (tertiary/aromatic N) is 2. The lowest BCUT2D eigenvalue weighted by atomic mass is 9.90. The molecule has 1 aliphatic heterocycles. The fourth-order valence-electron chi connectivity index (χ4n) is 4.66. The molecule has 5 rings (SSSR count). The number of piperidine rings is 1. The Morgan fingerprint density at radius 3 is 2.57 bits per heavy atom. The van der Waals surface area contributed by atoms with Crippen LogP contribution in [0.25, 0.3) is 21.8 Å². The maximum Gasteiger partial charge on any atom is 0.222 e. The Labute approximate surface area is 176 Å². The number of nitrogens with one attached hydrogen (secondary N) is 1. The number of hydrogen-bond donors (Lipinski definition) is 1. The first kappa shape index (κ1) is 18.9. The van der Waals surface area contributed by atoms with Gasteiger partial charge in [-0.3, -0.25) is 9.78 Å². The van der Waals surface area contributed by atoms with E-state index in [1.54, 1.807) is 0 Å². The van der Waals surface area contributed by atoms with Crippen molar-refractivity contribution in [2.24, 2.45) is 5.92 Å². The van der Waals surface area contributed by atoms with Crippen molar-refractivity contribution in [3.05, 3.63) is 78.1 Å². The van der Waals surface area contributed by atoms with Crippen LogP contribution >= 0.6 is 0 Å². The molecule has 152 valence electrons. The first-order valence-corrected chi connectivity index (χ1v) is 10.9. The van der Waals surface area contributed by atoms with Gasteiger partial charge in [-0.05, 0) is 49.3 Å². The van der Waals surface area contributed by atoms with Crippen LogP contribution in [-0.4, -0.2) is 33.9 Å². The van der Waals surface area contributed by atoms with Gasteiger partial charge in [0.1, 0.15) is 0 Å². The summed E-state index contributed by atoms with van der Waals surface area (Å²) in [6.45, 7) is 1.76. The average molecular weight is 398 g/mol. The minimum Gasteiger partial charge on any atom is -0.353 e. The van der Waals surface area contributed by atoms with Crippen molar-refractivity contribution < 1.29 is 4.79 Å². The van der Waals surface area contributed by atoms with Gasteiger partial charge in [-0.15, -0.1) is 0 Å². The Bertz CT molecular complexity index is 1160. The van der Waals surface area contributed by atoms with Crippen molar-refractivity contribution in [2.75, 3.05) is 13.1 Å². The van der Waals surface area contributed by atoms with Gasteiger partial charge in [0.2, 0.25) is 5.91 Å². The third-order valence-corrected chi connectivity index (χ3v) is 6.38. The van der Waals surface area contributed by atoms with Crippen LogP contribution in [0.1, 0.15) is 30.5 Å². The van der Waals surface area contributed by atoms with Crippen molar-refractivity contribution >= 4 is 27.7 Å². The first-order valence-electron chi connectivity index (χ1n) is 10.9. The molecule has 3 heterocycles. The van der Waals surface area contributed by atoms with Crippen LogP contribution in [0.3, 0.4) is 0 Å². The summed E-state index contributed by atoms with van der Waals surface area (Å²) < 4.78 is 0. The lowest BCUT2D eigenvalue weighted by Gasteiger charge is -2.32. The number of hydrogen-bond acceptors (Lipinski definition) is 2. The van der Waals surface area contributed by atoms with Gasteiger partial charge >= 0.3 is 0 Å². The van der Waals surface area contributed by atoms with Crippen LogP contribution in [-0.2, 0) is 17.6 Å². The predicted molar refractivity (Wildman–Crippen MR) is 121 cm³/mol. The Hall–Kier alpha value is -3.14. The molecule has 2 aromatic heterocycles. The molecule has 0 aliphatic carbocycles. The molecule has 4 aromatic rings. The van der Waals surface area contributed by atoms with E-state index in [4.69, 9.17) is 0 Å². The highest BCUT2D eigenvalue weighted by molar-refractivity contribution is 6.06. The molecule has 1 saturated heterocycles. The number of pyridine rings is 1. The Kier molecular flexibility index (Phi) is 5.22. The van der Waals surface area contributed by atoms with Gasteiger partial charge < -0.3 is 9.88 Å². The zero-order valence-corrected chi connectivity index (χ0v) is 17.2. The molecule has 30 heavy (non-hydrogen) atoms. The molecule has 1 N–H and O–H groups in total. The van der Waals surface area contributed by atoms with E-state index in [1.807, 2.05) is 17.2 Å². The molecule has 2 aromatic carbocycles. The number of aromatic amines is 1. The Morgan fingerprint density at radius 1 is 0.967 bits per heavy atom. The van der Waals surface area contributed by atoms with Crippen LogP contribution in [0.2, 0.25) is 0 Å². The van der Waals surface area contributed by atoms with Crippen molar-refractivity contribution in [3.63, 3.8) is 0 Å². The Balaban J connectivity index is 1.17. The molecule has 0 unspecified atom stereocenters. The number of carbonyl (C=O) groups is 1. The van der Waals surface area contributed by atoms with E-state index in [2.05, 4.69) is 64.6 Å². The number of aryl methyl sites for hydroxylation is 1. The van der Waals surface area contributed by atoms with E-state index >= 15 is 0 Å². The normalized spacial score (nSPS) is 15.1. The van der Waals surface area contributed by atoms with Gasteiger partial charge in [-0.2, -0.15) is 0 Å². The van der Waals surface area contributed by atoms with Gasteiger partial charge in [0.05, 0.1) is 11.7 Å². The van der Waals surface area contributed by atoms with Crippen molar-refractivity contribution in [3.8, 4) is 0 Å². The number of para-hydroxylation sites is 1. The molecule has 1 amide bonds. The molecule has 0 atom stereocenters. The van der Waals surface area contributed by atoms with E-state index in [0.717, 1.165) is 49.1 Å². The highest BCUT2D eigenvalue weighted by Crippen LogP contribution is 2.26. The number of fused-ring (bicyclic) bond motifs is 3. The maximum atomic E-state index is 12.8. The second-order valence-electron chi connectivity index (χ2n) is 8.41. The summed E-state index contributed by atoms with van der Waals surface area (Å²) in [5.74, 6) is 0.941. The van der Waals surface area contributed by atoms with Gasteiger partial charge in [-0.1, -0.05) is 48.5 Å². The molecule has 1 fully saturated rings. The summed E-state index contributed by atoms with van der Waals surface area (Å²) in [6.07, 6.45) is 6.43. The van der Waals surface area contributed by atoms with Gasteiger partial charge in [0, 0.05) is 41.5 Å². The standard InChI is InChI=1S/C26H27N3O/c30-26(29-14-12-20(13-15-29)16-19-6-2-1-3-7-19)11-10-21-17-23-22-8-4-5-9-24(22)28-25(23)18-27-21/h1-9,17-18,20,28H,10-16H2. The smallest absolute Gasteiger partial charge is 0.222 e. The average Bonchev–Trinajstić information content (AvgIpc) is 3.17. The second-order valence-corrected chi connectivity index (χ2v) is 8.41. The van der Waals surface area contributed by atoms with Gasteiger partial charge in [0.25, 0.3) is 0 Å². The molecule has 0 bridgehead atoms. The summed E-state index contributed by atoms with van der Waals surface area (Å²) in [4.78, 5) is 22.8. The molecule has 4 nitrogen and oxygen atoms in total. The number of aromatic nitrogens is 2. The van der Waals surface area contributed by atoms with E-state index in [9.17, 15) is 4.79 Å². The van der Waals surface area contributed by atoms with Crippen LogP contribution in [0.4, 0.5) is 0 Å². The summed E-state index contributed by atoms with van der Waals surface area (Å²) in [6, 6.07) is 21.1. The third-order valence-electron chi connectivity index (χ3n) is 6.38. The molecule has 1 aliphatic rings. The highest BCUT2D eigenvalue weighted by Gasteiger charge is 2.22. The van der Waals surface area contributed by atoms with E-state index in [-0.39, 0.29) is 5.91 Å². The fraction of sp³-hybridized carbons (Fsp3) is 0.308. The van der Waals surface area contributed by atoms with Crippen molar-refractivity contribution in [1.82, 2.24) is 14.9 Å². The molecule has 0 saturated carbocycles. The van der Waals surface area contributed by atoms with Gasteiger partial charge in [0.15, 0.2) is 0 Å². The van der Waals surface area contributed by atoms with Crippen molar-refractivity contribution in [1.29, 1.82) is 0 Å². The Morgan fingerprint density at radius 2 is 1.73 bits per heavy atom. The maximum absolute atomic E-state index is 12.8. The minimum atomic E-state index is 0.258. The highest BCUT2D eigenvalue weighted by atomic mass is 16.2. The second kappa shape index (κ2) is 8.31. The number of likely N-dealkylation sites (tertiary alicyclic amines) is 1. The summed E-state index contributed by atoms with van der Waals surface area (Å²) in [5.41, 5.74) is 4.56. The largest absolute Gasteiger partial charge is 0.353 e. The minimum absolute atomic E-state index is 0.258.